The molecule has 0 aromatic rings. The van der Waals surface area contributed by atoms with Gasteiger partial charge in [0.25, 0.3) is 0 Å². The number of hydrogen-bond donors (Lipinski definition) is 2. The molecular weight excluding hydrogens is 262 g/mol. The Hall–Kier alpha value is -0.570. The lowest BCUT2D eigenvalue weighted by Crippen LogP contribution is -2.49. The molecule has 0 bridgehead atoms. The van der Waals surface area contributed by atoms with Crippen molar-refractivity contribution in [2.75, 3.05) is 0 Å². The summed E-state index contributed by atoms with van der Waals surface area (Å²) in [6, 6.07) is 0.106. The van der Waals surface area contributed by atoms with Gasteiger partial charge in [-0.2, -0.15) is 0 Å². The summed E-state index contributed by atoms with van der Waals surface area (Å²) in [4.78, 5) is 11.7. The Morgan fingerprint density at radius 1 is 1.00 bits per heavy atom. The summed E-state index contributed by atoms with van der Waals surface area (Å²) < 4.78 is 0. The molecule has 2 aliphatic carbocycles. The maximum absolute atomic E-state index is 11.7. The Bertz CT molecular complexity index is 334. The molecular formula is C18H33NO2. The molecule has 0 saturated heterocycles. The summed E-state index contributed by atoms with van der Waals surface area (Å²) in [7, 11) is 0. The highest BCUT2D eigenvalue weighted by atomic mass is 16.4. The fourth-order valence-electron chi connectivity index (χ4n) is 4.25. The van der Waals surface area contributed by atoms with E-state index in [1.807, 2.05) is 0 Å². The second kappa shape index (κ2) is 7.13. The predicted octanol–water partition coefficient (Wildman–Crippen LogP) is 4.21. The van der Waals surface area contributed by atoms with E-state index in [1.165, 1.54) is 32.1 Å². The Morgan fingerprint density at radius 2 is 1.57 bits per heavy atom. The van der Waals surface area contributed by atoms with Crippen molar-refractivity contribution in [2.24, 2.45) is 17.3 Å². The van der Waals surface area contributed by atoms with Gasteiger partial charge in [0.2, 0.25) is 0 Å². The van der Waals surface area contributed by atoms with Gasteiger partial charge in [-0.25, -0.2) is 0 Å². The van der Waals surface area contributed by atoms with Gasteiger partial charge in [0, 0.05) is 6.04 Å². The molecule has 0 aromatic carbocycles. The number of carboxylic acids is 1. The monoisotopic (exact) mass is 295 g/mol. The maximum Gasteiger partial charge on any atom is 0.320 e. The number of hydrogen-bond acceptors (Lipinski definition) is 2. The number of carbonyl (C=O) groups is 1. The molecule has 0 aromatic heterocycles. The van der Waals surface area contributed by atoms with Crippen LogP contribution in [0.3, 0.4) is 0 Å². The SMILES string of the molecule is CC(C)(C)C1CCC(C(NC2CCCCC2)C(=O)O)CC1. The van der Waals surface area contributed by atoms with Gasteiger partial charge in [0.05, 0.1) is 0 Å². The van der Waals surface area contributed by atoms with E-state index in [0.29, 0.717) is 17.4 Å². The van der Waals surface area contributed by atoms with Crippen molar-refractivity contribution in [1.29, 1.82) is 0 Å². The van der Waals surface area contributed by atoms with Gasteiger partial charge >= 0.3 is 5.97 Å². The molecule has 1 atom stereocenters. The number of aliphatic carboxylic acids is 1. The molecule has 3 nitrogen and oxygen atoms in total. The molecule has 0 heterocycles. The highest BCUT2D eigenvalue weighted by Crippen LogP contribution is 2.40. The first kappa shape index (κ1) is 16.8. The Morgan fingerprint density at radius 3 is 2.05 bits per heavy atom. The summed E-state index contributed by atoms with van der Waals surface area (Å²) in [5.41, 5.74) is 0.362. The average Bonchev–Trinajstić information content (AvgIpc) is 2.45. The van der Waals surface area contributed by atoms with Crippen molar-refractivity contribution in [3.63, 3.8) is 0 Å². The lowest BCUT2D eigenvalue weighted by atomic mass is 9.68. The lowest BCUT2D eigenvalue weighted by Gasteiger charge is -2.39. The van der Waals surface area contributed by atoms with Crippen LogP contribution >= 0.6 is 0 Å². The van der Waals surface area contributed by atoms with Crippen LogP contribution in [0.25, 0.3) is 0 Å². The van der Waals surface area contributed by atoms with Crippen molar-refractivity contribution >= 4 is 5.97 Å². The van der Waals surface area contributed by atoms with Gasteiger partial charge in [-0.1, -0.05) is 40.0 Å². The van der Waals surface area contributed by atoms with Crippen molar-refractivity contribution in [1.82, 2.24) is 5.32 Å². The molecule has 21 heavy (non-hydrogen) atoms. The van der Waals surface area contributed by atoms with Gasteiger partial charge in [-0.05, 0) is 55.8 Å². The third-order valence-electron chi connectivity index (χ3n) is 5.75. The molecule has 0 radical (unpaired) electrons. The topological polar surface area (TPSA) is 49.3 Å². The van der Waals surface area contributed by atoms with Crippen LogP contribution in [-0.4, -0.2) is 23.2 Å². The highest BCUT2D eigenvalue weighted by molar-refractivity contribution is 5.74. The summed E-state index contributed by atoms with van der Waals surface area (Å²) in [6.07, 6.45) is 10.6. The summed E-state index contributed by atoms with van der Waals surface area (Å²) >= 11 is 0. The minimum atomic E-state index is -0.639. The van der Waals surface area contributed by atoms with Gasteiger partial charge in [-0.3, -0.25) is 4.79 Å². The molecule has 1 unspecified atom stereocenters. The van der Waals surface area contributed by atoms with Crippen LogP contribution in [0.15, 0.2) is 0 Å². The minimum absolute atomic E-state index is 0.322. The smallest absolute Gasteiger partial charge is 0.320 e. The minimum Gasteiger partial charge on any atom is -0.480 e. The first-order valence-electron chi connectivity index (χ1n) is 8.87. The van der Waals surface area contributed by atoms with Gasteiger partial charge in [-0.15, -0.1) is 0 Å². The molecule has 0 amide bonds. The highest BCUT2D eigenvalue weighted by Gasteiger charge is 2.36. The van der Waals surface area contributed by atoms with E-state index in [-0.39, 0.29) is 6.04 Å². The van der Waals surface area contributed by atoms with Crippen LogP contribution in [0.5, 0.6) is 0 Å². The van der Waals surface area contributed by atoms with Crippen LogP contribution < -0.4 is 5.32 Å². The zero-order chi connectivity index (χ0) is 15.5. The van der Waals surface area contributed by atoms with E-state index in [9.17, 15) is 9.90 Å². The first-order valence-corrected chi connectivity index (χ1v) is 8.87. The Balaban J connectivity index is 1.89. The van der Waals surface area contributed by atoms with Crippen molar-refractivity contribution in [2.45, 2.75) is 90.6 Å². The van der Waals surface area contributed by atoms with Gasteiger partial charge < -0.3 is 10.4 Å². The van der Waals surface area contributed by atoms with Crippen molar-refractivity contribution < 1.29 is 9.90 Å². The fraction of sp³-hybridized carbons (Fsp3) is 0.944. The van der Waals surface area contributed by atoms with E-state index in [0.717, 1.165) is 31.6 Å². The van der Waals surface area contributed by atoms with E-state index in [2.05, 4.69) is 26.1 Å². The van der Waals surface area contributed by atoms with Crippen LogP contribution in [0, 0.1) is 17.3 Å². The molecule has 2 fully saturated rings. The first-order chi connectivity index (χ1) is 9.88. The average molecular weight is 295 g/mol. The van der Waals surface area contributed by atoms with Crippen LogP contribution in [0.2, 0.25) is 0 Å². The lowest BCUT2D eigenvalue weighted by molar-refractivity contribution is -0.142. The van der Waals surface area contributed by atoms with Crippen LogP contribution in [0.1, 0.15) is 78.6 Å². The molecule has 2 aliphatic rings. The Kier molecular flexibility index (Phi) is 5.70. The van der Waals surface area contributed by atoms with Crippen LogP contribution in [-0.2, 0) is 4.79 Å². The zero-order valence-electron chi connectivity index (χ0n) is 14.0. The fourth-order valence-corrected chi connectivity index (χ4v) is 4.25. The summed E-state index contributed by atoms with van der Waals surface area (Å²) in [5.74, 6) is 0.431. The molecule has 122 valence electrons. The second-order valence-corrected chi connectivity index (χ2v) is 8.30. The van der Waals surface area contributed by atoms with E-state index in [4.69, 9.17) is 0 Å². The summed E-state index contributed by atoms with van der Waals surface area (Å²) in [6.45, 7) is 6.94. The number of carboxylic acid groups (broad SMARTS) is 1. The third kappa shape index (κ3) is 4.70. The van der Waals surface area contributed by atoms with Crippen molar-refractivity contribution in [3.05, 3.63) is 0 Å². The largest absolute Gasteiger partial charge is 0.480 e. The molecule has 3 heteroatoms. The predicted molar refractivity (Wildman–Crippen MR) is 86.3 cm³/mol. The maximum atomic E-state index is 11.7. The standard InChI is InChI=1S/C18H33NO2/c1-18(2,3)14-11-9-13(10-12-14)16(17(20)21)19-15-7-5-4-6-8-15/h13-16,19H,4-12H2,1-3H3,(H,20,21). The van der Waals surface area contributed by atoms with Gasteiger partial charge in [0.1, 0.15) is 6.04 Å². The molecule has 2 rings (SSSR count). The van der Waals surface area contributed by atoms with E-state index in [1.54, 1.807) is 0 Å². The summed E-state index contributed by atoms with van der Waals surface area (Å²) in [5, 5.41) is 13.1. The third-order valence-corrected chi connectivity index (χ3v) is 5.75. The van der Waals surface area contributed by atoms with Gasteiger partial charge in [0.15, 0.2) is 0 Å². The molecule has 0 spiro atoms. The van der Waals surface area contributed by atoms with Crippen molar-refractivity contribution in [3.8, 4) is 0 Å². The zero-order valence-corrected chi connectivity index (χ0v) is 14.0. The quantitative estimate of drug-likeness (QED) is 0.816. The molecule has 0 aliphatic heterocycles. The Labute approximate surface area is 129 Å². The van der Waals surface area contributed by atoms with E-state index < -0.39 is 5.97 Å². The number of rotatable bonds is 4. The molecule has 2 saturated carbocycles. The number of nitrogens with one attached hydrogen (secondary N) is 1. The van der Waals surface area contributed by atoms with Crippen LogP contribution in [0.4, 0.5) is 0 Å². The van der Waals surface area contributed by atoms with E-state index >= 15 is 0 Å². The second-order valence-electron chi connectivity index (χ2n) is 8.30. The molecule has 2 N–H and O–H groups in total. The normalized spacial score (nSPS) is 30.0.